The average Bonchev–Trinajstić information content (AvgIpc) is 2.30. The Kier molecular flexibility index (Phi) is 6.14. The summed E-state index contributed by atoms with van der Waals surface area (Å²) in [5.74, 6) is 0.878. The molecule has 0 N–H and O–H groups in total. The summed E-state index contributed by atoms with van der Waals surface area (Å²) < 4.78 is 0.0194. The number of rotatable bonds is 6. The van der Waals surface area contributed by atoms with E-state index in [2.05, 4.69) is 26.0 Å². The molecular weight excluding hydrogens is 248 g/mol. The second-order valence-corrected chi connectivity index (χ2v) is 6.65. The van der Waals surface area contributed by atoms with Gasteiger partial charge in [0.25, 0.3) is 0 Å². The fraction of sp³-hybridized carbons (Fsp3) is 0.500. The molecule has 0 atom stereocenters. The summed E-state index contributed by atoms with van der Waals surface area (Å²) in [5, 5.41) is 0. The number of hydrogen-bond donors (Lipinski definition) is 0. The van der Waals surface area contributed by atoms with Gasteiger partial charge < -0.3 is 0 Å². The van der Waals surface area contributed by atoms with Gasteiger partial charge in [0.15, 0.2) is 5.78 Å². The highest BCUT2D eigenvalue weighted by atomic mass is 32.2. The van der Waals surface area contributed by atoms with Crippen LogP contribution in [0.1, 0.15) is 29.8 Å². The first kappa shape index (κ1) is 14.7. The summed E-state index contributed by atoms with van der Waals surface area (Å²) in [6.45, 7) is 4.41. The normalized spacial score (nSPS) is 11.2. The van der Waals surface area contributed by atoms with Gasteiger partial charge in [-0.3, -0.25) is 4.79 Å². The number of thioether (sulfide) groups is 2. The zero-order chi connectivity index (χ0) is 12.8. The zero-order valence-corrected chi connectivity index (χ0v) is 12.5. The molecule has 0 bridgehead atoms. The van der Waals surface area contributed by atoms with Crippen molar-refractivity contribution in [1.82, 2.24) is 0 Å². The average molecular weight is 268 g/mol. The first-order chi connectivity index (χ1) is 8.08. The lowest BCUT2D eigenvalue weighted by molar-refractivity contribution is 0.101. The van der Waals surface area contributed by atoms with E-state index in [1.165, 1.54) is 5.56 Å². The van der Waals surface area contributed by atoms with Crippen molar-refractivity contribution in [3.05, 3.63) is 35.4 Å². The summed E-state index contributed by atoms with van der Waals surface area (Å²) >= 11 is 3.20. The maximum absolute atomic E-state index is 12.1. The molecule has 0 heterocycles. The highest BCUT2D eigenvalue weighted by Gasteiger charge is 2.17. The maximum atomic E-state index is 12.1. The Balaban J connectivity index is 2.76. The van der Waals surface area contributed by atoms with E-state index in [0.717, 1.165) is 12.0 Å². The fourth-order valence-corrected chi connectivity index (χ4v) is 3.19. The van der Waals surface area contributed by atoms with Crippen LogP contribution in [0.2, 0.25) is 0 Å². The maximum Gasteiger partial charge on any atom is 0.185 e. The second-order valence-electron chi connectivity index (χ2n) is 4.46. The minimum atomic E-state index is 0.0194. The van der Waals surface area contributed by atoms with Crippen LogP contribution >= 0.6 is 23.5 Å². The van der Waals surface area contributed by atoms with Gasteiger partial charge in [0.1, 0.15) is 4.58 Å². The molecule has 94 valence electrons. The molecule has 0 saturated heterocycles. The molecule has 0 aliphatic carbocycles. The molecule has 0 unspecified atom stereocenters. The zero-order valence-electron chi connectivity index (χ0n) is 10.9. The molecule has 3 heteroatoms. The number of carbonyl (C=O) groups is 1. The lowest BCUT2D eigenvalue weighted by Crippen LogP contribution is -2.12. The molecule has 0 aliphatic rings. The standard InChI is InChI=1S/C14H20OS2/c1-10(2)9-11-5-7-12(8-6-11)13(15)14(16-3)17-4/h5-8,10,14H,9H2,1-4H3. The predicted molar refractivity (Wildman–Crippen MR) is 80.1 cm³/mol. The van der Waals surface area contributed by atoms with Gasteiger partial charge in [-0.2, -0.15) is 0 Å². The van der Waals surface area contributed by atoms with Crippen LogP contribution in [0.25, 0.3) is 0 Å². The van der Waals surface area contributed by atoms with E-state index >= 15 is 0 Å². The van der Waals surface area contributed by atoms with Gasteiger partial charge in [0.05, 0.1) is 0 Å². The number of carbonyl (C=O) groups excluding carboxylic acids is 1. The van der Waals surface area contributed by atoms with Crippen molar-refractivity contribution >= 4 is 29.3 Å². The van der Waals surface area contributed by atoms with Crippen LogP contribution < -0.4 is 0 Å². The van der Waals surface area contributed by atoms with Crippen LogP contribution in [0.4, 0.5) is 0 Å². The van der Waals surface area contributed by atoms with Crippen molar-refractivity contribution in [2.24, 2.45) is 5.92 Å². The monoisotopic (exact) mass is 268 g/mol. The molecule has 0 amide bonds. The third-order valence-corrected chi connectivity index (χ3v) is 4.96. The minimum absolute atomic E-state index is 0.0194. The molecule has 17 heavy (non-hydrogen) atoms. The highest BCUT2D eigenvalue weighted by Crippen LogP contribution is 2.23. The minimum Gasteiger partial charge on any atom is -0.292 e. The topological polar surface area (TPSA) is 17.1 Å². The summed E-state index contributed by atoms with van der Waals surface area (Å²) in [7, 11) is 0. The quantitative estimate of drug-likeness (QED) is 0.570. The van der Waals surface area contributed by atoms with Gasteiger partial charge in [-0.15, -0.1) is 23.5 Å². The Labute approximate surface area is 113 Å². The summed E-state index contributed by atoms with van der Waals surface area (Å²) in [6, 6.07) is 8.06. The smallest absolute Gasteiger partial charge is 0.185 e. The molecule has 0 fully saturated rings. The third-order valence-electron chi connectivity index (χ3n) is 2.52. The molecule has 1 rings (SSSR count). The van der Waals surface area contributed by atoms with Crippen molar-refractivity contribution < 1.29 is 4.79 Å². The van der Waals surface area contributed by atoms with Crippen molar-refractivity contribution in [1.29, 1.82) is 0 Å². The van der Waals surface area contributed by atoms with Crippen molar-refractivity contribution in [2.45, 2.75) is 24.9 Å². The van der Waals surface area contributed by atoms with Crippen molar-refractivity contribution in [2.75, 3.05) is 12.5 Å². The van der Waals surface area contributed by atoms with Gasteiger partial charge in [-0.05, 0) is 30.4 Å². The Morgan fingerprint density at radius 2 is 1.65 bits per heavy atom. The molecular formula is C14H20OS2. The van der Waals surface area contributed by atoms with E-state index in [-0.39, 0.29) is 10.4 Å². The van der Waals surface area contributed by atoms with Gasteiger partial charge >= 0.3 is 0 Å². The lowest BCUT2D eigenvalue weighted by Gasteiger charge is -2.11. The van der Waals surface area contributed by atoms with Crippen LogP contribution in [0.15, 0.2) is 24.3 Å². The van der Waals surface area contributed by atoms with Gasteiger partial charge in [-0.25, -0.2) is 0 Å². The van der Waals surface area contributed by atoms with E-state index in [1.54, 1.807) is 23.5 Å². The summed E-state index contributed by atoms with van der Waals surface area (Å²) in [6.07, 6.45) is 5.03. The van der Waals surface area contributed by atoms with E-state index in [4.69, 9.17) is 0 Å². The first-order valence-electron chi connectivity index (χ1n) is 5.77. The van der Waals surface area contributed by atoms with E-state index in [0.29, 0.717) is 5.92 Å². The molecule has 0 aromatic heterocycles. The number of Topliss-reactive ketones (excluding diaryl/α,β-unsaturated/α-hetero) is 1. The van der Waals surface area contributed by atoms with E-state index in [1.807, 2.05) is 24.6 Å². The molecule has 1 nitrogen and oxygen atoms in total. The first-order valence-corrected chi connectivity index (χ1v) is 8.34. The lowest BCUT2D eigenvalue weighted by atomic mass is 10.0. The molecule has 1 aromatic rings. The fourth-order valence-electron chi connectivity index (χ4n) is 1.72. The molecule has 0 aliphatic heterocycles. The Bertz CT molecular complexity index is 353. The van der Waals surface area contributed by atoms with E-state index in [9.17, 15) is 4.79 Å². The van der Waals surface area contributed by atoms with Gasteiger partial charge in [-0.1, -0.05) is 38.1 Å². The van der Waals surface area contributed by atoms with E-state index < -0.39 is 0 Å². The van der Waals surface area contributed by atoms with Crippen LogP contribution in [0.3, 0.4) is 0 Å². The Morgan fingerprint density at radius 3 is 2.06 bits per heavy atom. The molecule has 0 spiro atoms. The predicted octanol–water partition coefficient (Wildman–Crippen LogP) is 4.12. The second kappa shape index (κ2) is 7.12. The number of benzene rings is 1. The molecule has 0 saturated carbocycles. The summed E-state index contributed by atoms with van der Waals surface area (Å²) in [5.41, 5.74) is 2.13. The largest absolute Gasteiger partial charge is 0.292 e. The molecule has 1 aromatic carbocycles. The highest BCUT2D eigenvalue weighted by molar-refractivity contribution is 8.17. The summed E-state index contributed by atoms with van der Waals surface area (Å²) in [4.78, 5) is 12.1. The Morgan fingerprint density at radius 1 is 1.12 bits per heavy atom. The Hall–Kier alpha value is -0.410. The van der Waals surface area contributed by atoms with Crippen LogP contribution in [-0.4, -0.2) is 22.9 Å². The number of hydrogen-bond acceptors (Lipinski definition) is 3. The SMILES string of the molecule is CSC(SC)C(=O)c1ccc(CC(C)C)cc1. The van der Waals surface area contributed by atoms with Crippen molar-refractivity contribution in [3.8, 4) is 0 Å². The van der Waals surface area contributed by atoms with Gasteiger partial charge in [0.2, 0.25) is 0 Å². The third kappa shape index (κ3) is 4.40. The van der Waals surface area contributed by atoms with Crippen LogP contribution in [0, 0.1) is 5.92 Å². The van der Waals surface area contributed by atoms with Crippen molar-refractivity contribution in [3.63, 3.8) is 0 Å². The van der Waals surface area contributed by atoms with Crippen LogP contribution in [0.5, 0.6) is 0 Å². The number of ketones is 1. The van der Waals surface area contributed by atoms with Gasteiger partial charge in [0, 0.05) is 5.56 Å². The van der Waals surface area contributed by atoms with Crippen LogP contribution in [-0.2, 0) is 6.42 Å². The molecule has 0 radical (unpaired) electrons.